The number of carboxylic acids is 1. The minimum Gasteiger partial charge on any atom is -0.497 e. The van der Waals surface area contributed by atoms with E-state index in [0.29, 0.717) is 17.7 Å². The third-order valence-electron chi connectivity index (χ3n) is 6.52. The van der Waals surface area contributed by atoms with Crippen LogP contribution in [0, 0.1) is 0 Å². The first-order valence-electron chi connectivity index (χ1n) is 13.8. The molecule has 2 N–H and O–H groups in total. The number of carbonyl (C=O) groups is 4. The van der Waals surface area contributed by atoms with Crippen molar-refractivity contribution in [2.24, 2.45) is 0 Å². The maximum atomic E-state index is 13.5. The minimum atomic E-state index is -4.68. The first-order chi connectivity index (χ1) is 20.9. The van der Waals surface area contributed by atoms with Crippen LogP contribution in [0.15, 0.2) is 66.7 Å². The van der Waals surface area contributed by atoms with Crippen molar-refractivity contribution in [1.29, 1.82) is 0 Å². The second kappa shape index (κ2) is 15.6. The fourth-order valence-corrected chi connectivity index (χ4v) is 4.31. The lowest BCUT2D eigenvalue weighted by Crippen LogP contribution is -2.35. The zero-order valence-electron chi connectivity index (χ0n) is 24.3. The Kier molecular flexibility index (Phi) is 11.9. The number of amides is 2. The van der Waals surface area contributed by atoms with Crippen molar-refractivity contribution in [2.75, 3.05) is 19.0 Å². The average Bonchev–Trinajstić information content (AvgIpc) is 2.97. The highest BCUT2D eigenvalue weighted by molar-refractivity contribution is 5.97. The van der Waals surface area contributed by atoms with Crippen molar-refractivity contribution in [3.8, 4) is 11.5 Å². The van der Waals surface area contributed by atoms with Crippen LogP contribution >= 0.6 is 0 Å². The van der Waals surface area contributed by atoms with Gasteiger partial charge in [0.05, 0.1) is 19.1 Å². The summed E-state index contributed by atoms with van der Waals surface area (Å²) in [5, 5.41) is 11.9. The fraction of sp³-hybridized carbons (Fsp3) is 0.312. The minimum absolute atomic E-state index is 0.00867. The van der Waals surface area contributed by atoms with Crippen molar-refractivity contribution < 1.29 is 46.9 Å². The Morgan fingerprint density at radius 2 is 1.57 bits per heavy atom. The normalized spacial score (nSPS) is 11.0. The van der Waals surface area contributed by atoms with E-state index in [1.54, 1.807) is 24.3 Å². The molecule has 44 heavy (non-hydrogen) atoms. The number of alkyl halides is 3. The lowest BCUT2D eigenvalue weighted by atomic mass is 10.0. The second-order valence-electron chi connectivity index (χ2n) is 9.95. The summed E-state index contributed by atoms with van der Waals surface area (Å²) in [7, 11) is 1.24. The molecule has 0 unspecified atom stereocenters. The van der Waals surface area contributed by atoms with Gasteiger partial charge in [-0.15, -0.1) is 0 Å². The molecule has 3 aromatic rings. The zero-order valence-corrected chi connectivity index (χ0v) is 24.3. The van der Waals surface area contributed by atoms with E-state index in [4.69, 9.17) is 9.47 Å². The Morgan fingerprint density at radius 3 is 2.16 bits per heavy atom. The summed E-state index contributed by atoms with van der Waals surface area (Å²) in [4.78, 5) is 50.3. The van der Waals surface area contributed by atoms with Gasteiger partial charge in [-0.3, -0.25) is 19.2 Å². The maximum Gasteiger partial charge on any atom is 0.416 e. The lowest BCUT2D eigenvalue weighted by molar-refractivity contribution is -0.139. The highest BCUT2D eigenvalue weighted by atomic mass is 19.4. The summed E-state index contributed by atoms with van der Waals surface area (Å²) in [6.45, 7) is 1.40. The van der Waals surface area contributed by atoms with Crippen LogP contribution in [0.4, 0.5) is 18.9 Å². The van der Waals surface area contributed by atoms with Crippen LogP contribution in [0.3, 0.4) is 0 Å². The average molecular weight is 615 g/mol. The van der Waals surface area contributed by atoms with Gasteiger partial charge in [-0.25, -0.2) is 0 Å². The molecule has 0 saturated carbocycles. The molecule has 12 heteroatoms. The monoisotopic (exact) mass is 614 g/mol. The van der Waals surface area contributed by atoms with E-state index in [-0.39, 0.29) is 35.1 Å². The van der Waals surface area contributed by atoms with Gasteiger partial charge in [0.15, 0.2) is 0 Å². The molecule has 0 bridgehead atoms. The van der Waals surface area contributed by atoms with Gasteiger partial charge in [0.2, 0.25) is 5.91 Å². The Hall–Kier alpha value is -4.87. The summed E-state index contributed by atoms with van der Waals surface area (Å²) in [6.07, 6.45) is -2.29. The van der Waals surface area contributed by atoms with Crippen molar-refractivity contribution in [2.45, 2.75) is 51.7 Å². The predicted molar refractivity (Wildman–Crippen MR) is 155 cm³/mol. The number of benzene rings is 3. The Morgan fingerprint density at radius 1 is 0.909 bits per heavy atom. The van der Waals surface area contributed by atoms with Crippen LogP contribution in [0.25, 0.3) is 0 Å². The largest absolute Gasteiger partial charge is 0.497 e. The van der Waals surface area contributed by atoms with Gasteiger partial charge < -0.3 is 24.8 Å². The van der Waals surface area contributed by atoms with E-state index in [2.05, 4.69) is 5.32 Å². The summed E-state index contributed by atoms with van der Waals surface area (Å²) in [5.41, 5.74) is -0.241. The molecule has 0 aromatic heterocycles. The number of nitrogens with one attached hydrogen (secondary N) is 1. The van der Waals surface area contributed by atoms with Crippen LogP contribution in [0.5, 0.6) is 11.5 Å². The maximum absolute atomic E-state index is 13.5. The SMILES string of the molecule is CCCCCC(=O)Oc1ccc(CN(CC(=O)O)C(=O)c2ccc(NC(=O)Cc3ccc(OC)cc3C(F)(F)F)cc2)cc1. The van der Waals surface area contributed by atoms with Gasteiger partial charge in [-0.2, -0.15) is 13.2 Å². The molecule has 3 aromatic carbocycles. The van der Waals surface area contributed by atoms with Crippen molar-refractivity contribution in [1.82, 2.24) is 4.90 Å². The van der Waals surface area contributed by atoms with Gasteiger partial charge in [0.25, 0.3) is 5.91 Å². The Balaban J connectivity index is 1.64. The second-order valence-corrected chi connectivity index (χ2v) is 9.95. The van der Waals surface area contributed by atoms with Gasteiger partial charge in [0, 0.05) is 24.2 Å². The number of methoxy groups -OCH3 is 1. The number of ether oxygens (including phenoxy) is 2. The van der Waals surface area contributed by atoms with E-state index in [1.807, 2.05) is 6.92 Å². The molecule has 0 heterocycles. The number of halogens is 3. The van der Waals surface area contributed by atoms with Gasteiger partial charge >= 0.3 is 18.1 Å². The Bertz CT molecular complexity index is 1460. The highest BCUT2D eigenvalue weighted by Crippen LogP contribution is 2.34. The molecule has 0 aliphatic carbocycles. The Labute approximate surface area is 252 Å². The molecule has 2 amide bonds. The van der Waals surface area contributed by atoms with E-state index < -0.39 is 42.5 Å². The molecule has 0 atom stereocenters. The quantitative estimate of drug-likeness (QED) is 0.128. The first-order valence-corrected chi connectivity index (χ1v) is 13.8. The topological polar surface area (TPSA) is 122 Å². The van der Waals surface area contributed by atoms with Gasteiger partial charge in [-0.05, 0) is 66.1 Å². The molecule has 9 nitrogen and oxygen atoms in total. The zero-order chi connectivity index (χ0) is 32.3. The number of esters is 1. The lowest BCUT2D eigenvalue weighted by Gasteiger charge is -2.21. The van der Waals surface area contributed by atoms with Crippen molar-refractivity contribution in [3.05, 3.63) is 89.0 Å². The number of aliphatic carboxylic acids is 1. The molecule has 0 spiro atoms. The van der Waals surface area contributed by atoms with E-state index in [9.17, 15) is 37.5 Å². The number of anilines is 1. The van der Waals surface area contributed by atoms with Crippen molar-refractivity contribution >= 4 is 29.4 Å². The van der Waals surface area contributed by atoms with Crippen LogP contribution < -0.4 is 14.8 Å². The van der Waals surface area contributed by atoms with E-state index in [1.165, 1.54) is 43.5 Å². The number of carboxylic acid groups (broad SMARTS) is 1. The molecular weight excluding hydrogens is 581 g/mol. The summed E-state index contributed by atoms with van der Waals surface area (Å²) < 4.78 is 50.6. The number of hydrogen-bond donors (Lipinski definition) is 2. The van der Waals surface area contributed by atoms with Crippen molar-refractivity contribution in [3.63, 3.8) is 0 Å². The van der Waals surface area contributed by atoms with E-state index >= 15 is 0 Å². The van der Waals surface area contributed by atoms with Crippen LogP contribution in [0.1, 0.15) is 59.7 Å². The molecular formula is C32H33F3N2O7. The number of unbranched alkanes of at least 4 members (excludes halogenated alkanes) is 2. The molecule has 234 valence electrons. The number of hydrogen-bond acceptors (Lipinski definition) is 6. The summed E-state index contributed by atoms with van der Waals surface area (Å²) >= 11 is 0. The molecule has 0 aliphatic rings. The number of nitrogens with zero attached hydrogens (tertiary/aromatic N) is 1. The number of carbonyl (C=O) groups excluding carboxylic acids is 3. The fourth-order valence-electron chi connectivity index (χ4n) is 4.31. The molecule has 3 rings (SSSR count). The molecule has 0 radical (unpaired) electrons. The predicted octanol–water partition coefficient (Wildman–Crippen LogP) is 6.11. The van der Waals surface area contributed by atoms with Gasteiger partial charge in [0.1, 0.15) is 18.0 Å². The highest BCUT2D eigenvalue weighted by Gasteiger charge is 2.34. The smallest absolute Gasteiger partial charge is 0.416 e. The molecule has 0 saturated heterocycles. The summed E-state index contributed by atoms with van der Waals surface area (Å²) in [6, 6.07) is 15.3. The van der Waals surface area contributed by atoms with Gasteiger partial charge in [-0.1, -0.05) is 38.0 Å². The van der Waals surface area contributed by atoms with Crippen LogP contribution in [-0.4, -0.2) is 47.4 Å². The molecule has 0 fully saturated rings. The first kappa shape index (κ1) is 33.6. The van der Waals surface area contributed by atoms with Crippen LogP contribution in [-0.2, 0) is 33.5 Å². The number of rotatable bonds is 14. The summed E-state index contributed by atoms with van der Waals surface area (Å²) in [5.74, 6) is -2.52. The van der Waals surface area contributed by atoms with Crippen LogP contribution in [0.2, 0.25) is 0 Å². The molecule has 0 aliphatic heterocycles. The van der Waals surface area contributed by atoms with E-state index in [0.717, 1.165) is 30.2 Å². The third-order valence-corrected chi connectivity index (χ3v) is 6.52. The third kappa shape index (κ3) is 10.1. The standard InChI is InChI=1S/C32H33F3N2O7/c1-3-4-5-6-30(41)44-25-14-7-21(8-15-25)19-37(20-29(39)40)31(42)22-9-12-24(13-10-22)36-28(38)17-23-11-16-26(43-2)18-27(23)32(33,34)35/h7-16,18H,3-6,17,19-20H2,1-2H3,(H,36,38)(H,39,40).